The molecule has 0 aliphatic heterocycles. The van der Waals surface area contributed by atoms with Gasteiger partial charge in [-0.15, -0.1) is 0 Å². The van der Waals surface area contributed by atoms with E-state index < -0.39 is 0 Å². The van der Waals surface area contributed by atoms with Crippen LogP contribution in [0.3, 0.4) is 0 Å². The molecule has 0 spiro atoms. The Morgan fingerprint density at radius 1 is 0.933 bits per heavy atom. The zero-order valence-electron chi connectivity index (χ0n) is 7.92. The first-order chi connectivity index (χ1) is 7.45. The van der Waals surface area contributed by atoms with E-state index in [0.717, 1.165) is 22.6 Å². The average molecular weight is 242 g/mol. The van der Waals surface area contributed by atoms with Crippen molar-refractivity contribution in [2.24, 2.45) is 0 Å². The second-order valence-electron chi connectivity index (χ2n) is 2.86. The van der Waals surface area contributed by atoms with E-state index in [0.29, 0.717) is 0 Å². The van der Waals surface area contributed by atoms with Crippen molar-refractivity contribution < 1.29 is 12.5 Å². The van der Waals surface area contributed by atoms with Crippen molar-refractivity contribution in [3.8, 4) is 0 Å². The fourth-order valence-electron chi connectivity index (χ4n) is 0.968. The summed E-state index contributed by atoms with van der Waals surface area (Å²) in [4.78, 5) is 0. The Kier molecular flexibility index (Phi) is 4.25. The molecule has 80 valence electrons. The quantitative estimate of drug-likeness (QED) is 0.567. The summed E-state index contributed by atoms with van der Waals surface area (Å²) >= 11 is 2.81. The third kappa shape index (κ3) is 3.70. The van der Waals surface area contributed by atoms with Gasteiger partial charge in [-0.2, -0.15) is 0 Å². The molecule has 0 aromatic carbocycles. The Bertz CT molecular complexity index is 320. The van der Waals surface area contributed by atoms with Crippen LogP contribution in [0.4, 0.5) is 0 Å². The molecule has 0 unspecified atom stereocenters. The van der Waals surface area contributed by atoms with Gasteiger partial charge in [0.1, 0.15) is 0 Å². The van der Waals surface area contributed by atoms with Crippen LogP contribution in [0, 0.1) is 0 Å². The van der Waals surface area contributed by atoms with E-state index in [1.165, 1.54) is 24.1 Å². The first-order valence-corrected chi connectivity index (χ1v) is 6.20. The highest BCUT2D eigenvalue weighted by Gasteiger charge is 1.98. The van der Waals surface area contributed by atoms with E-state index in [2.05, 4.69) is 0 Å². The van der Waals surface area contributed by atoms with Crippen molar-refractivity contribution in [3.63, 3.8) is 0 Å². The van der Waals surface area contributed by atoms with Crippen molar-refractivity contribution in [3.05, 3.63) is 48.3 Å². The van der Waals surface area contributed by atoms with Gasteiger partial charge < -0.3 is 8.83 Å². The Hall–Kier alpha value is -0.780. The van der Waals surface area contributed by atoms with E-state index >= 15 is 0 Å². The number of hydrogen-bond acceptors (Lipinski definition) is 5. The summed E-state index contributed by atoms with van der Waals surface area (Å²) in [6.07, 6.45) is 6.76. The molecule has 0 radical (unpaired) electrons. The molecule has 0 bridgehead atoms. The second-order valence-corrected chi connectivity index (χ2v) is 4.45. The normalized spacial score (nSPS) is 10.7. The molecule has 2 rings (SSSR count). The lowest BCUT2D eigenvalue weighted by molar-refractivity contribution is 0.565. The molecule has 0 fully saturated rings. The summed E-state index contributed by atoms with van der Waals surface area (Å²) in [5, 5.41) is 0. The second kappa shape index (κ2) is 5.95. The molecule has 0 aliphatic carbocycles. The summed E-state index contributed by atoms with van der Waals surface area (Å²) < 4.78 is 15.2. The minimum atomic E-state index is 0.800. The van der Waals surface area contributed by atoms with Gasteiger partial charge in [-0.25, -0.2) is 3.63 Å². The van der Waals surface area contributed by atoms with Crippen LogP contribution in [-0.2, 0) is 15.1 Å². The van der Waals surface area contributed by atoms with Gasteiger partial charge in [0, 0.05) is 46.7 Å². The number of furan rings is 2. The van der Waals surface area contributed by atoms with Gasteiger partial charge >= 0.3 is 0 Å². The molecular formula is C10H10O3S2. The summed E-state index contributed by atoms with van der Waals surface area (Å²) in [5.41, 5.74) is 2.26. The van der Waals surface area contributed by atoms with Gasteiger partial charge in [0.05, 0.1) is 25.1 Å². The first kappa shape index (κ1) is 10.7. The molecule has 15 heavy (non-hydrogen) atoms. The van der Waals surface area contributed by atoms with E-state index in [9.17, 15) is 0 Å². The highest BCUT2D eigenvalue weighted by atomic mass is 32.2. The first-order valence-electron chi connectivity index (χ1n) is 4.38. The highest BCUT2D eigenvalue weighted by Crippen LogP contribution is 2.23. The zero-order chi connectivity index (χ0) is 10.3. The van der Waals surface area contributed by atoms with Crippen LogP contribution >= 0.6 is 24.1 Å². The Morgan fingerprint density at radius 2 is 1.47 bits per heavy atom. The maximum Gasteiger partial charge on any atom is 0.0943 e. The molecule has 2 aromatic rings. The Morgan fingerprint density at radius 3 is 1.87 bits per heavy atom. The summed E-state index contributed by atoms with van der Waals surface area (Å²) in [5.74, 6) is 1.60. The lowest BCUT2D eigenvalue weighted by Gasteiger charge is -1.97. The van der Waals surface area contributed by atoms with Crippen LogP contribution in [0.1, 0.15) is 11.1 Å². The molecule has 0 atom stereocenters. The minimum absolute atomic E-state index is 0.800. The van der Waals surface area contributed by atoms with Gasteiger partial charge in [-0.05, 0) is 12.1 Å². The van der Waals surface area contributed by atoms with Gasteiger partial charge in [-0.1, -0.05) is 0 Å². The monoisotopic (exact) mass is 242 g/mol. The van der Waals surface area contributed by atoms with Crippen molar-refractivity contribution >= 4 is 24.1 Å². The Balaban J connectivity index is 1.56. The maximum absolute atomic E-state index is 5.33. The molecule has 0 saturated carbocycles. The predicted molar refractivity (Wildman–Crippen MR) is 61.1 cm³/mol. The third-order valence-electron chi connectivity index (χ3n) is 1.71. The van der Waals surface area contributed by atoms with Gasteiger partial charge in [0.25, 0.3) is 0 Å². The molecular weight excluding hydrogens is 232 g/mol. The number of hydrogen-bond donors (Lipinski definition) is 0. The molecule has 3 nitrogen and oxygen atoms in total. The zero-order valence-corrected chi connectivity index (χ0v) is 9.55. The predicted octanol–water partition coefficient (Wildman–Crippen LogP) is 3.89. The van der Waals surface area contributed by atoms with Crippen LogP contribution in [0.25, 0.3) is 0 Å². The highest BCUT2D eigenvalue weighted by molar-refractivity contribution is 8.07. The van der Waals surface area contributed by atoms with Gasteiger partial charge in [-0.3, -0.25) is 0 Å². The maximum atomic E-state index is 5.33. The van der Waals surface area contributed by atoms with E-state index in [1.54, 1.807) is 25.1 Å². The fraction of sp³-hybridized carbons (Fsp3) is 0.200. The largest absolute Gasteiger partial charge is 0.472 e. The van der Waals surface area contributed by atoms with Crippen LogP contribution in [0.2, 0.25) is 0 Å². The minimum Gasteiger partial charge on any atom is -0.472 e. The van der Waals surface area contributed by atoms with Crippen molar-refractivity contribution in [1.29, 1.82) is 0 Å². The molecule has 5 heteroatoms. The SMILES string of the molecule is c1cc(CSOSCc2ccoc2)co1. The van der Waals surface area contributed by atoms with Crippen molar-refractivity contribution in [2.75, 3.05) is 0 Å². The van der Waals surface area contributed by atoms with Crippen LogP contribution < -0.4 is 0 Å². The van der Waals surface area contributed by atoms with E-state index in [1.807, 2.05) is 12.1 Å². The van der Waals surface area contributed by atoms with Crippen LogP contribution in [0.15, 0.2) is 46.0 Å². The van der Waals surface area contributed by atoms with Crippen LogP contribution in [0.5, 0.6) is 0 Å². The summed E-state index contributed by atoms with van der Waals surface area (Å²) in [7, 11) is 0. The third-order valence-corrected chi connectivity index (χ3v) is 3.38. The van der Waals surface area contributed by atoms with Crippen LogP contribution in [-0.4, -0.2) is 0 Å². The fourth-order valence-corrected chi connectivity index (χ4v) is 2.23. The Labute approximate surface area is 96.6 Å². The molecule has 0 amide bonds. The lowest BCUT2D eigenvalue weighted by atomic mass is 10.4. The molecule has 0 saturated heterocycles. The topological polar surface area (TPSA) is 35.5 Å². The smallest absolute Gasteiger partial charge is 0.0943 e. The van der Waals surface area contributed by atoms with E-state index in [-0.39, 0.29) is 0 Å². The van der Waals surface area contributed by atoms with Crippen molar-refractivity contribution in [1.82, 2.24) is 0 Å². The lowest BCUT2D eigenvalue weighted by Crippen LogP contribution is -1.76. The molecule has 2 heterocycles. The van der Waals surface area contributed by atoms with Gasteiger partial charge in [0.15, 0.2) is 0 Å². The summed E-state index contributed by atoms with van der Waals surface area (Å²) in [6.45, 7) is 0. The number of rotatable bonds is 6. The summed E-state index contributed by atoms with van der Waals surface area (Å²) in [6, 6.07) is 3.86. The standard InChI is InChI=1S/C10H10O3S2/c1-3-11-5-9(1)7-14-13-15-8-10-2-4-12-6-10/h1-6H,7-8H2. The van der Waals surface area contributed by atoms with Crippen molar-refractivity contribution in [2.45, 2.75) is 11.5 Å². The average Bonchev–Trinajstić information content (AvgIpc) is 2.88. The van der Waals surface area contributed by atoms with Gasteiger partial charge in [0.2, 0.25) is 0 Å². The molecule has 0 N–H and O–H groups in total. The molecule has 0 aliphatic rings. The molecule has 2 aromatic heterocycles. The van der Waals surface area contributed by atoms with E-state index in [4.69, 9.17) is 12.5 Å².